The molecule has 33 heavy (non-hydrogen) atoms. The molecule has 0 saturated heterocycles. The molecule has 0 radical (unpaired) electrons. The second-order valence-electron chi connectivity index (χ2n) is 8.18. The van der Waals surface area contributed by atoms with Crippen molar-refractivity contribution in [3.05, 3.63) is 121 Å². The van der Waals surface area contributed by atoms with Gasteiger partial charge in [-0.3, -0.25) is 0 Å². The predicted octanol–water partition coefficient (Wildman–Crippen LogP) is 5.97. The fraction of sp³-hybridized carbons (Fsp3) is 0.143. The van der Waals surface area contributed by atoms with E-state index >= 15 is 0 Å². The molecule has 0 unspecified atom stereocenters. The third-order valence-corrected chi connectivity index (χ3v) is 19.6. The van der Waals surface area contributed by atoms with Crippen LogP contribution in [0.3, 0.4) is 0 Å². The maximum atomic E-state index is 2.54. The molecule has 0 aliphatic carbocycles. The third-order valence-electron chi connectivity index (χ3n) is 6.37. The summed E-state index contributed by atoms with van der Waals surface area (Å²) in [5, 5.41) is 0. The van der Waals surface area contributed by atoms with Crippen molar-refractivity contribution >= 4 is 42.2 Å². The molecule has 0 aliphatic heterocycles. The van der Waals surface area contributed by atoms with E-state index in [1.165, 1.54) is 22.7 Å². The number of para-hydroxylation sites is 4. The standard InChI is InChI=1S/4C7H8N.Sn/c4*1-8-7-5-3-2-4-6-7;/h4*2-6H,1H3;/q4*-1;+4. The van der Waals surface area contributed by atoms with Gasteiger partial charge in [-0.05, 0) is 0 Å². The second kappa shape index (κ2) is 10.2. The predicted molar refractivity (Wildman–Crippen MR) is 145 cm³/mol. The van der Waals surface area contributed by atoms with Crippen molar-refractivity contribution in [3.8, 4) is 0 Å². The molecule has 0 aliphatic rings. The Labute approximate surface area is 203 Å². The summed E-state index contributed by atoms with van der Waals surface area (Å²) in [5.41, 5.74) is 4.84. The van der Waals surface area contributed by atoms with Crippen LogP contribution in [0.2, 0.25) is 0 Å². The molecule has 0 N–H and O–H groups in total. The molecule has 0 fully saturated rings. The van der Waals surface area contributed by atoms with Crippen molar-refractivity contribution in [2.75, 3.05) is 40.7 Å². The Bertz CT molecular complexity index is 936. The van der Waals surface area contributed by atoms with Gasteiger partial charge in [0, 0.05) is 0 Å². The molecule has 0 heterocycles. The Balaban J connectivity index is 1.99. The fourth-order valence-electron chi connectivity index (χ4n) is 4.65. The van der Waals surface area contributed by atoms with E-state index in [2.05, 4.69) is 162 Å². The Morgan fingerprint density at radius 2 is 0.515 bits per heavy atom. The van der Waals surface area contributed by atoms with E-state index in [1.807, 2.05) is 0 Å². The topological polar surface area (TPSA) is 13.0 Å². The Morgan fingerprint density at radius 1 is 0.333 bits per heavy atom. The van der Waals surface area contributed by atoms with E-state index in [0.717, 1.165) is 0 Å². The van der Waals surface area contributed by atoms with Crippen LogP contribution in [0.5, 0.6) is 0 Å². The van der Waals surface area contributed by atoms with Gasteiger partial charge in [0.05, 0.1) is 0 Å². The van der Waals surface area contributed by atoms with Crippen LogP contribution in [0.4, 0.5) is 22.7 Å². The minimum atomic E-state index is -3.93. The van der Waals surface area contributed by atoms with Crippen LogP contribution in [0, 0.1) is 0 Å². The molecule has 0 bridgehead atoms. The average Bonchev–Trinajstić information content (AvgIpc) is 2.90. The molecule has 5 heteroatoms. The Kier molecular flexibility index (Phi) is 7.13. The number of rotatable bonds is 8. The normalized spacial score (nSPS) is 11.0. The SMILES string of the molecule is C[N](c1ccccc1)[Sn]([N](C)c1ccccc1)([N](C)c1ccccc1)[N](C)c1ccccc1. The van der Waals surface area contributed by atoms with Crippen molar-refractivity contribution in [2.45, 2.75) is 0 Å². The summed E-state index contributed by atoms with van der Waals surface area (Å²) in [6.07, 6.45) is 0. The van der Waals surface area contributed by atoms with E-state index < -0.39 is 19.5 Å². The molecule has 4 rings (SSSR count). The van der Waals surface area contributed by atoms with E-state index in [1.54, 1.807) is 0 Å². The van der Waals surface area contributed by atoms with Crippen LogP contribution in [0.1, 0.15) is 0 Å². The zero-order valence-electron chi connectivity index (χ0n) is 19.8. The summed E-state index contributed by atoms with van der Waals surface area (Å²) in [6.45, 7) is 0. The van der Waals surface area contributed by atoms with Gasteiger partial charge < -0.3 is 0 Å². The Hall–Kier alpha value is -3.12. The quantitative estimate of drug-likeness (QED) is 0.254. The second-order valence-corrected chi connectivity index (χ2v) is 19.3. The minimum absolute atomic E-state index is 1.21. The molecule has 0 amide bonds. The number of benzene rings is 4. The van der Waals surface area contributed by atoms with Gasteiger partial charge in [-0.1, -0.05) is 0 Å². The van der Waals surface area contributed by atoms with Gasteiger partial charge in [0.15, 0.2) is 0 Å². The third kappa shape index (κ3) is 4.40. The summed E-state index contributed by atoms with van der Waals surface area (Å²) < 4.78 is 10.2. The van der Waals surface area contributed by atoms with E-state index in [4.69, 9.17) is 0 Å². The molecule has 168 valence electrons. The molecule has 0 aromatic heterocycles. The van der Waals surface area contributed by atoms with Crippen LogP contribution < -0.4 is 12.5 Å². The number of hydrogen-bond donors (Lipinski definition) is 0. The van der Waals surface area contributed by atoms with Gasteiger partial charge in [0.2, 0.25) is 0 Å². The van der Waals surface area contributed by atoms with Crippen molar-refractivity contribution in [2.24, 2.45) is 0 Å². The van der Waals surface area contributed by atoms with Crippen LogP contribution in [-0.4, -0.2) is 47.7 Å². The summed E-state index contributed by atoms with van der Waals surface area (Å²) in [7, 11) is 9.01. The van der Waals surface area contributed by atoms with Crippen molar-refractivity contribution in [1.82, 2.24) is 0 Å². The molecule has 0 saturated carbocycles. The molecular weight excluding hydrogens is 511 g/mol. The summed E-state index contributed by atoms with van der Waals surface area (Å²) in [4.78, 5) is 0. The van der Waals surface area contributed by atoms with Crippen LogP contribution in [-0.2, 0) is 0 Å². The molecule has 0 spiro atoms. The average molecular weight is 543 g/mol. The monoisotopic (exact) mass is 544 g/mol. The van der Waals surface area contributed by atoms with Gasteiger partial charge in [-0.15, -0.1) is 0 Å². The van der Waals surface area contributed by atoms with Gasteiger partial charge in [0.1, 0.15) is 0 Å². The van der Waals surface area contributed by atoms with E-state index in [0.29, 0.717) is 0 Å². The first kappa shape index (κ1) is 23.1. The van der Waals surface area contributed by atoms with Gasteiger partial charge in [-0.2, -0.15) is 0 Å². The Morgan fingerprint density at radius 3 is 0.697 bits per heavy atom. The van der Waals surface area contributed by atoms with Gasteiger partial charge in [0.25, 0.3) is 0 Å². The first-order valence-electron chi connectivity index (χ1n) is 11.2. The maximum absolute atomic E-state index is 3.93. The fourth-order valence-corrected chi connectivity index (χ4v) is 18.0. The van der Waals surface area contributed by atoms with Crippen LogP contribution in [0.25, 0.3) is 0 Å². The number of anilines is 4. The van der Waals surface area contributed by atoms with Crippen molar-refractivity contribution in [1.29, 1.82) is 0 Å². The molecular formula is C28H32N4Sn. The van der Waals surface area contributed by atoms with Crippen LogP contribution in [0.15, 0.2) is 121 Å². The van der Waals surface area contributed by atoms with E-state index in [-0.39, 0.29) is 0 Å². The number of nitrogens with zero attached hydrogens (tertiary/aromatic N) is 4. The summed E-state index contributed by atoms with van der Waals surface area (Å²) >= 11 is -3.93. The first-order chi connectivity index (χ1) is 16.1. The van der Waals surface area contributed by atoms with E-state index in [9.17, 15) is 0 Å². The number of hydrogen-bond acceptors (Lipinski definition) is 4. The first-order valence-corrected chi connectivity index (χ1v) is 16.3. The molecule has 4 aromatic carbocycles. The summed E-state index contributed by atoms with van der Waals surface area (Å²) in [6, 6.07) is 43.0. The van der Waals surface area contributed by atoms with Gasteiger partial charge in [-0.25, -0.2) is 0 Å². The summed E-state index contributed by atoms with van der Waals surface area (Å²) in [5.74, 6) is 0. The van der Waals surface area contributed by atoms with Crippen molar-refractivity contribution in [3.63, 3.8) is 0 Å². The molecule has 4 aromatic rings. The van der Waals surface area contributed by atoms with Crippen LogP contribution >= 0.6 is 0 Å². The van der Waals surface area contributed by atoms with Crippen molar-refractivity contribution < 1.29 is 0 Å². The molecule has 4 nitrogen and oxygen atoms in total. The zero-order valence-corrected chi connectivity index (χ0v) is 22.7. The van der Waals surface area contributed by atoms with Gasteiger partial charge >= 0.3 is 204 Å². The zero-order chi connectivity index (χ0) is 23.3. The molecule has 0 atom stereocenters.